The minimum Gasteiger partial charge on any atom is -0.454 e. The molecule has 22 nitrogen and oxygen atoms in total. The molecule has 4 aromatic rings. The lowest BCUT2D eigenvalue weighted by atomic mass is 9.98. The molecule has 11 atom stereocenters. The highest BCUT2D eigenvalue weighted by atomic mass is 32.7. The third-order valence-corrected chi connectivity index (χ3v) is 16.4. The number of nitrogens with two attached hydrogens (primary N) is 2. The Balaban J connectivity index is 1.22. The Morgan fingerprint density at radius 3 is 2.61 bits per heavy atom. The van der Waals surface area contributed by atoms with Crippen LogP contribution in [0.3, 0.4) is 0 Å². The second-order valence-electron chi connectivity index (χ2n) is 15.1. The lowest BCUT2D eigenvalue weighted by Gasteiger charge is -2.35. The van der Waals surface area contributed by atoms with Crippen molar-refractivity contribution in [2.45, 2.75) is 76.5 Å². The van der Waals surface area contributed by atoms with Gasteiger partial charge in [0, 0.05) is 23.9 Å². The number of esters is 1. The van der Waals surface area contributed by atoms with Gasteiger partial charge in [-0.25, -0.2) is 24.5 Å². The molecule has 8 rings (SSSR count). The lowest BCUT2D eigenvalue weighted by molar-refractivity contribution is -0.150. The summed E-state index contributed by atoms with van der Waals surface area (Å²) in [5, 5.41) is 12.1. The molecule has 2 bridgehead atoms. The van der Waals surface area contributed by atoms with E-state index in [1.807, 2.05) is 0 Å². The molecule has 6 heterocycles. The summed E-state index contributed by atoms with van der Waals surface area (Å²) in [5.74, 6) is -1.43. The van der Waals surface area contributed by atoms with Crippen molar-refractivity contribution in [1.29, 1.82) is 0 Å². The highest BCUT2D eigenvalue weighted by Gasteiger charge is 2.74. The van der Waals surface area contributed by atoms with Gasteiger partial charge in [0.05, 0.1) is 43.9 Å². The zero-order valence-corrected chi connectivity index (χ0v) is 33.5. The van der Waals surface area contributed by atoms with Gasteiger partial charge in [-0.05, 0) is 40.0 Å². The minimum absolute atomic E-state index is 0.0231. The number of aliphatic hydroxyl groups excluding tert-OH is 1. The van der Waals surface area contributed by atoms with Crippen molar-refractivity contribution in [3.63, 3.8) is 0 Å². The summed E-state index contributed by atoms with van der Waals surface area (Å²) in [4.78, 5) is 49.1. The van der Waals surface area contributed by atoms with E-state index in [0.717, 1.165) is 0 Å². The Morgan fingerprint density at radius 2 is 1.88 bits per heavy atom. The van der Waals surface area contributed by atoms with Crippen LogP contribution < -0.4 is 17.0 Å². The number of imidazole rings is 2. The first-order chi connectivity index (χ1) is 26.5. The number of fused-ring (bicyclic) bond motifs is 4. The van der Waals surface area contributed by atoms with Crippen molar-refractivity contribution in [3.8, 4) is 0 Å². The molecule has 4 fully saturated rings. The number of nitrogens with zero attached hydrogens (tertiary/aromatic N) is 7. The largest absolute Gasteiger partial charge is 0.454 e. The van der Waals surface area contributed by atoms with Gasteiger partial charge in [0.15, 0.2) is 28.9 Å². The first-order valence-corrected chi connectivity index (χ1v) is 22.4. The fraction of sp³-hybridized carbons (Fsp3) is 0.645. The van der Waals surface area contributed by atoms with E-state index >= 15 is 4.57 Å². The van der Waals surface area contributed by atoms with Gasteiger partial charge in [-0.15, -0.1) is 0 Å². The van der Waals surface area contributed by atoms with E-state index in [1.54, 1.807) is 32.3 Å². The number of nitrogen functional groups attached to an aromatic ring is 2. The first kappa shape index (κ1) is 39.3. The van der Waals surface area contributed by atoms with Crippen molar-refractivity contribution in [3.05, 3.63) is 29.3 Å². The molecule has 2 saturated heterocycles. The van der Waals surface area contributed by atoms with Crippen LogP contribution in [0.25, 0.3) is 22.3 Å². The number of aromatic amines is 1. The van der Waals surface area contributed by atoms with Crippen LogP contribution >= 0.6 is 25.8 Å². The van der Waals surface area contributed by atoms with Gasteiger partial charge in [0.25, 0.3) is 5.56 Å². The molecule has 25 heteroatoms. The highest BCUT2D eigenvalue weighted by molar-refractivity contribution is 8.55. The van der Waals surface area contributed by atoms with Crippen molar-refractivity contribution in [2.75, 3.05) is 44.3 Å². The van der Waals surface area contributed by atoms with Crippen LogP contribution in [0.2, 0.25) is 0 Å². The number of carbonyl (C=O) groups is 1. The fourth-order valence-electron chi connectivity index (χ4n) is 7.96. The number of ether oxygens (including phenoxy) is 3. The predicted molar refractivity (Wildman–Crippen MR) is 198 cm³/mol. The van der Waals surface area contributed by atoms with Gasteiger partial charge in [0.2, 0.25) is 5.95 Å². The van der Waals surface area contributed by atoms with E-state index in [-0.39, 0.29) is 36.1 Å². The normalized spacial score (nSPS) is 35.8. The minimum atomic E-state index is -4.38. The molecule has 0 radical (unpaired) electrons. The van der Waals surface area contributed by atoms with Crippen LogP contribution in [0.4, 0.5) is 11.8 Å². The predicted octanol–water partition coefficient (Wildman–Crippen LogP) is 2.38. The SMILES string of the molecule is CCO[P@]1(=O)OCC23C[C@@H]2[C@@H](n2cnc4c(N)ncnc42)[C@H](O)[C@@H]3O[P@](=O)(SCOC(=O)C(C)(C)C)OC[C@H]2O[C@@H](n3cnc4c(=O)[nH]c(N)nc43)[C@H]1[C@@H]2OC. The van der Waals surface area contributed by atoms with Crippen LogP contribution in [0.5, 0.6) is 0 Å². The molecule has 2 saturated carbocycles. The Bertz CT molecular complexity index is 2340. The van der Waals surface area contributed by atoms with Crippen LogP contribution in [0, 0.1) is 16.7 Å². The number of carbonyl (C=O) groups excluding carboxylic acids is 1. The lowest BCUT2D eigenvalue weighted by Crippen LogP contribution is -2.40. The number of nitrogens with one attached hydrogen (secondary N) is 1. The van der Waals surface area contributed by atoms with E-state index in [2.05, 4.69) is 29.9 Å². The molecule has 304 valence electrons. The number of anilines is 2. The Kier molecular flexibility index (Phi) is 9.91. The average Bonchev–Trinajstić information content (AvgIpc) is 3.47. The molecule has 0 amide bonds. The van der Waals surface area contributed by atoms with E-state index in [1.165, 1.54) is 30.7 Å². The molecule has 2 aliphatic carbocycles. The van der Waals surface area contributed by atoms with E-state index in [0.29, 0.717) is 29.0 Å². The Morgan fingerprint density at radius 1 is 1.12 bits per heavy atom. The fourth-order valence-corrected chi connectivity index (χ4v) is 13.2. The van der Waals surface area contributed by atoms with Crippen LogP contribution in [-0.4, -0.2) is 113 Å². The highest BCUT2D eigenvalue weighted by Crippen LogP contribution is 2.75. The van der Waals surface area contributed by atoms with Gasteiger partial charge >= 0.3 is 20.4 Å². The van der Waals surface area contributed by atoms with Gasteiger partial charge < -0.3 is 44.4 Å². The van der Waals surface area contributed by atoms with Crippen molar-refractivity contribution in [1.82, 2.24) is 39.0 Å². The number of hydrogen-bond acceptors (Lipinski definition) is 20. The summed E-state index contributed by atoms with van der Waals surface area (Å²) in [5.41, 5.74) is 8.81. The molecule has 4 aliphatic rings. The summed E-state index contributed by atoms with van der Waals surface area (Å²) in [6.07, 6.45) is -1.62. The van der Waals surface area contributed by atoms with Crippen molar-refractivity contribution in [2.24, 2.45) is 16.7 Å². The van der Waals surface area contributed by atoms with Crippen LogP contribution in [0.1, 0.15) is 46.4 Å². The number of rotatable bonds is 8. The Labute approximate surface area is 322 Å². The van der Waals surface area contributed by atoms with E-state index < -0.39 is 97.6 Å². The molecule has 1 unspecified atom stereocenters. The van der Waals surface area contributed by atoms with Gasteiger partial charge in [-0.3, -0.25) is 32.8 Å². The second kappa shape index (κ2) is 14.1. The Hall–Kier alpha value is -3.50. The standard InChI is InChI=1S/C31H42N10O12P2S/c1-6-49-54(45)21-20(47-5)15(52-27(21)41-12-37-17-25(41)38-29(33)39-26(17)43)8-50-55(46,56-13-48-28(44)30(2,3)4)53-22-19(42)18(14-7-31(14,22)9-51-54)40-11-36-16-23(32)34-10-35-24(16)40/h10-12,14-15,18-22,27,42H,6-9,13H2,1-5H3,(H2,32,34,35)(H3,33,38,39,43)/t14-,15-,18-,19+,20-,21-,22+,27-,31?,54+,55-/m1/s1. The van der Waals surface area contributed by atoms with Crippen molar-refractivity contribution >= 4 is 65.8 Å². The maximum Gasteiger partial charge on any atom is 0.392 e. The second-order valence-corrected chi connectivity index (χ2v) is 21.2. The number of aliphatic hydroxyl groups is 1. The smallest absolute Gasteiger partial charge is 0.392 e. The third kappa shape index (κ3) is 6.45. The molecule has 0 aromatic carbocycles. The maximum atomic E-state index is 15.3. The van der Waals surface area contributed by atoms with Crippen molar-refractivity contribution < 1.29 is 51.3 Å². The zero-order valence-electron chi connectivity index (χ0n) is 30.9. The van der Waals surface area contributed by atoms with Gasteiger partial charge in [0.1, 0.15) is 47.9 Å². The molecular formula is C31H42N10O12P2S. The summed E-state index contributed by atoms with van der Waals surface area (Å²) in [7, 11) is -2.94. The summed E-state index contributed by atoms with van der Waals surface area (Å²) < 4.78 is 76.1. The number of hydrogen-bond donors (Lipinski definition) is 4. The van der Waals surface area contributed by atoms with Crippen LogP contribution in [-0.2, 0) is 46.2 Å². The number of methoxy groups -OCH3 is 1. The summed E-state index contributed by atoms with van der Waals surface area (Å²) >= 11 is 0.619. The van der Waals surface area contributed by atoms with Crippen LogP contribution in [0.15, 0.2) is 23.8 Å². The summed E-state index contributed by atoms with van der Waals surface area (Å²) in [6, 6.07) is -0.747. The third-order valence-electron chi connectivity index (χ3n) is 10.7. The molecule has 4 aromatic heterocycles. The molecular weight excluding hydrogens is 798 g/mol. The average molecular weight is 841 g/mol. The zero-order chi connectivity index (χ0) is 39.9. The first-order valence-electron chi connectivity index (χ1n) is 17.7. The summed E-state index contributed by atoms with van der Waals surface area (Å²) in [6.45, 7) is 1.48. The number of H-pyrrole nitrogens is 1. The maximum absolute atomic E-state index is 15.3. The number of aromatic nitrogens is 8. The molecule has 56 heavy (non-hydrogen) atoms. The van der Waals surface area contributed by atoms with Gasteiger partial charge in [-0.2, -0.15) is 4.98 Å². The van der Waals surface area contributed by atoms with E-state index in [4.69, 9.17) is 43.8 Å². The molecule has 1 spiro atoms. The van der Waals surface area contributed by atoms with E-state index in [9.17, 15) is 19.3 Å². The quantitative estimate of drug-likeness (QED) is 0.112. The van der Waals surface area contributed by atoms with Gasteiger partial charge in [-0.1, -0.05) is 0 Å². The molecule has 2 aliphatic heterocycles. The topological polar surface area (TPSA) is 295 Å². The molecule has 6 N–H and O–H groups in total. The monoisotopic (exact) mass is 840 g/mol.